The monoisotopic (exact) mass is 422 g/mol. The maximum absolute atomic E-state index is 14.2. The number of fused-ring (bicyclic) bond motifs is 1. The van der Waals surface area contributed by atoms with E-state index in [-0.39, 0.29) is 17.5 Å². The first kappa shape index (κ1) is 20.0. The highest BCUT2D eigenvalue weighted by molar-refractivity contribution is 7.89. The van der Waals surface area contributed by atoms with Crippen LogP contribution in [0.4, 0.5) is 4.39 Å². The molecular formula is C20H17Cl2FN2OS. The fourth-order valence-electron chi connectivity index (χ4n) is 3.38. The molecule has 3 nitrogen and oxygen atoms in total. The number of halogens is 3. The molecule has 3 rings (SSSR count). The number of aromatic nitrogens is 1. The summed E-state index contributed by atoms with van der Waals surface area (Å²) in [6.45, 7) is 0. The molecule has 0 aliphatic heterocycles. The Morgan fingerprint density at radius 2 is 2.04 bits per heavy atom. The van der Waals surface area contributed by atoms with Crippen molar-refractivity contribution in [3.8, 4) is 6.07 Å². The van der Waals surface area contributed by atoms with Crippen LogP contribution in [0.15, 0.2) is 36.5 Å². The summed E-state index contributed by atoms with van der Waals surface area (Å²) in [5, 5.41) is 10.8. The number of nitriles is 1. The van der Waals surface area contributed by atoms with Gasteiger partial charge >= 0.3 is 0 Å². The molecule has 0 amide bonds. The van der Waals surface area contributed by atoms with Crippen LogP contribution in [0.3, 0.4) is 0 Å². The Bertz CT molecular complexity index is 1010. The van der Waals surface area contributed by atoms with E-state index in [0.717, 1.165) is 16.6 Å². The summed E-state index contributed by atoms with van der Waals surface area (Å²) in [5.41, 5.74) is 3.11. The largest absolute Gasteiger partial charge is 0.616 e. The molecule has 2 aromatic carbocycles. The molecule has 3 aromatic rings. The van der Waals surface area contributed by atoms with E-state index in [2.05, 4.69) is 11.1 Å². The predicted octanol–water partition coefficient (Wildman–Crippen LogP) is 5.93. The molecule has 27 heavy (non-hydrogen) atoms. The van der Waals surface area contributed by atoms with Gasteiger partial charge in [0.1, 0.15) is 11.6 Å². The number of hydrogen-bond donors (Lipinski definition) is 1. The minimum absolute atomic E-state index is 0.190. The molecule has 1 aromatic heterocycles. The molecule has 0 bridgehead atoms. The molecule has 140 valence electrons. The zero-order valence-corrected chi connectivity index (χ0v) is 16.9. The molecule has 0 saturated heterocycles. The van der Waals surface area contributed by atoms with Crippen molar-refractivity contribution in [3.05, 3.63) is 69.1 Å². The van der Waals surface area contributed by atoms with Gasteiger partial charge in [0.2, 0.25) is 0 Å². The lowest BCUT2D eigenvalue weighted by Crippen LogP contribution is -2.03. The summed E-state index contributed by atoms with van der Waals surface area (Å²) in [6, 6.07) is 10.3. The van der Waals surface area contributed by atoms with Crippen LogP contribution in [0, 0.1) is 17.1 Å². The molecule has 0 aliphatic rings. The van der Waals surface area contributed by atoms with Gasteiger partial charge in [0.25, 0.3) is 0 Å². The van der Waals surface area contributed by atoms with Gasteiger partial charge < -0.3 is 9.54 Å². The summed E-state index contributed by atoms with van der Waals surface area (Å²) in [7, 11) is 0. The van der Waals surface area contributed by atoms with Crippen molar-refractivity contribution in [2.45, 2.75) is 24.5 Å². The Hall–Kier alpha value is -1.71. The van der Waals surface area contributed by atoms with Gasteiger partial charge in [0, 0.05) is 39.5 Å². The summed E-state index contributed by atoms with van der Waals surface area (Å²) in [5.74, 6) is -0.311. The molecular weight excluding hydrogens is 406 g/mol. The molecule has 2 unspecified atom stereocenters. The van der Waals surface area contributed by atoms with E-state index in [4.69, 9.17) is 28.5 Å². The molecule has 0 aliphatic carbocycles. The van der Waals surface area contributed by atoms with Gasteiger partial charge in [-0.05, 0) is 41.8 Å². The Labute approximate surface area is 170 Å². The molecule has 7 heteroatoms. The smallest absolute Gasteiger partial charge is 0.132 e. The topological polar surface area (TPSA) is 62.6 Å². The second-order valence-corrected chi connectivity index (χ2v) is 8.64. The van der Waals surface area contributed by atoms with Gasteiger partial charge in [-0.3, -0.25) is 0 Å². The van der Waals surface area contributed by atoms with Crippen molar-refractivity contribution < 1.29 is 8.94 Å². The predicted molar refractivity (Wildman–Crippen MR) is 109 cm³/mol. The van der Waals surface area contributed by atoms with Crippen molar-refractivity contribution >= 4 is 45.3 Å². The fraction of sp³-hybridized carbons (Fsp3) is 0.250. The number of H-pyrrole nitrogens is 1. The zero-order chi connectivity index (χ0) is 19.6. The van der Waals surface area contributed by atoms with Crippen LogP contribution in [-0.4, -0.2) is 15.8 Å². The van der Waals surface area contributed by atoms with Crippen LogP contribution in [0.5, 0.6) is 0 Å². The first-order valence-electron chi connectivity index (χ1n) is 8.32. The van der Waals surface area contributed by atoms with Crippen molar-refractivity contribution in [1.29, 1.82) is 5.26 Å². The van der Waals surface area contributed by atoms with E-state index < -0.39 is 11.2 Å². The van der Waals surface area contributed by atoms with E-state index >= 15 is 0 Å². The van der Waals surface area contributed by atoms with Crippen LogP contribution < -0.4 is 0 Å². The number of hydrogen-bond acceptors (Lipinski definition) is 2. The minimum atomic E-state index is -1.09. The number of rotatable bonds is 6. The third-order valence-corrected chi connectivity index (χ3v) is 5.76. The molecule has 2 atom stereocenters. The van der Waals surface area contributed by atoms with Crippen molar-refractivity contribution in [1.82, 2.24) is 4.98 Å². The third-order valence-electron chi connectivity index (χ3n) is 4.48. The molecule has 0 spiro atoms. The number of aromatic amines is 1. The van der Waals surface area contributed by atoms with Gasteiger partial charge in [-0.15, -0.1) is 0 Å². The number of benzene rings is 2. The molecule has 1 heterocycles. The van der Waals surface area contributed by atoms with E-state index in [0.29, 0.717) is 33.8 Å². The highest BCUT2D eigenvalue weighted by atomic mass is 35.5. The van der Waals surface area contributed by atoms with E-state index in [9.17, 15) is 8.94 Å². The Balaban J connectivity index is 2.16. The average molecular weight is 423 g/mol. The second kappa shape index (κ2) is 8.53. The molecule has 0 saturated carbocycles. The SMILES string of the molecule is C[S+]([O-])Cc1cc(F)cc2c(C(CCC#N)c3ccc(Cl)cc3Cl)c[nH]c12. The minimum Gasteiger partial charge on any atom is -0.616 e. The average Bonchev–Trinajstić information content (AvgIpc) is 3.00. The Morgan fingerprint density at radius 1 is 1.26 bits per heavy atom. The highest BCUT2D eigenvalue weighted by Gasteiger charge is 2.22. The van der Waals surface area contributed by atoms with Gasteiger partial charge in [-0.2, -0.15) is 5.26 Å². The highest BCUT2D eigenvalue weighted by Crippen LogP contribution is 2.39. The van der Waals surface area contributed by atoms with Crippen molar-refractivity contribution in [3.63, 3.8) is 0 Å². The van der Waals surface area contributed by atoms with Gasteiger partial charge in [-0.1, -0.05) is 40.4 Å². The van der Waals surface area contributed by atoms with Crippen molar-refractivity contribution in [2.75, 3.05) is 6.26 Å². The van der Waals surface area contributed by atoms with Crippen LogP contribution in [0.2, 0.25) is 10.0 Å². The lowest BCUT2D eigenvalue weighted by atomic mass is 9.87. The van der Waals surface area contributed by atoms with Crippen LogP contribution in [0.25, 0.3) is 10.9 Å². The fourth-order valence-corrected chi connectivity index (χ4v) is 4.59. The van der Waals surface area contributed by atoms with Crippen molar-refractivity contribution in [2.24, 2.45) is 0 Å². The second-order valence-electron chi connectivity index (χ2n) is 6.36. The summed E-state index contributed by atoms with van der Waals surface area (Å²) >= 11 is 11.3. The molecule has 0 fully saturated rings. The van der Waals surface area contributed by atoms with Crippen LogP contribution in [0.1, 0.15) is 35.4 Å². The first-order valence-corrected chi connectivity index (χ1v) is 10.8. The summed E-state index contributed by atoms with van der Waals surface area (Å²) in [6.07, 6.45) is 4.27. The standard InChI is InChI=1S/C20H17Cl2FN2OS/c1-27(26)11-12-7-14(23)9-17-18(10-25-20(12)17)15(3-2-6-24)16-5-4-13(21)8-19(16)22/h4-5,7-10,15,25H,2-3,11H2,1H3. The van der Waals surface area contributed by atoms with E-state index in [1.807, 2.05) is 12.3 Å². The van der Waals surface area contributed by atoms with Crippen LogP contribution in [-0.2, 0) is 16.9 Å². The zero-order valence-electron chi connectivity index (χ0n) is 14.6. The summed E-state index contributed by atoms with van der Waals surface area (Å²) < 4.78 is 25.9. The van der Waals surface area contributed by atoms with Gasteiger partial charge in [-0.25, -0.2) is 4.39 Å². The maximum atomic E-state index is 14.2. The Kier molecular flexibility index (Phi) is 6.33. The summed E-state index contributed by atoms with van der Waals surface area (Å²) in [4.78, 5) is 3.19. The van der Waals surface area contributed by atoms with E-state index in [1.165, 1.54) is 12.1 Å². The maximum Gasteiger partial charge on any atom is 0.132 e. The Morgan fingerprint density at radius 3 is 2.70 bits per heavy atom. The first-order chi connectivity index (χ1) is 12.9. The van der Waals surface area contributed by atoms with Crippen LogP contribution >= 0.6 is 23.2 Å². The van der Waals surface area contributed by atoms with Gasteiger partial charge in [0.15, 0.2) is 0 Å². The quantitative estimate of drug-likeness (QED) is 0.500. The lowest BCUT2D eigenvalue weighted by molar-refractivity contribution is 0.599. The number of nitrogens with one attached hydrogen (secondary N) is 1. The normalized spacial score (nSPS) is 13.5. The lowest BCUT2D eigenvalue weighted by Gasteiger charge is -2.18. The molecule has 1 N–H and O–H groups in total. The third kappa shape index (κ3) is 4.41. The van der Waals surface area contributed by atoms with Gasteiger partial charge in [0.05, 0.1) is 17.8 Å². The van der Waals surface area contributed by atoms with E-state index in [1.54, 1.807) is 18.4 Å². The molecule has 0 radical (unpaired) electrons. The number of nitrogens with zero attached hydrogens (tertiary/aromatic N) is 1.